The van der Waals surface area contributed by atoms with Crippen LogP contribution >= 0.6 is 0 Å². The molecule has 0 bridgehead atoms. The van der Waals surface area contributed by atoms with Gasteiger partial charge in [-0.3, -0.25) is 0 Å². The molecule has 1 unspecified atom stereocenters. The van der Waals surface area contributed by atoms with Crippen LogP contribution in [0.5, 0.6) is 0 Å². The van der Waals surface area contributed by atoms with Crippen LogP contribution in [0.1, 0.15) is 45.2 Å². The van der Waals surface area contributed by atoms with E-state index in [4.69, 9.17) is 5.73 Å². The number of nitrogens with two attached hydrogens (primary N) is 1. The molecule has 22 heavy (non-hydrogen) atoms. The minimum atomic E-state index is 0.217. The zero-order valence-corrected chi connectivity index (χ0v) is 13.6. The molecule has 0 radical (unpaired) electrons. The van der Waals surface area contributed by atoms with Crippen LogP contribution in [-0.4, -0.2) is 10.6 Å². The van der Waals surface area contributed by atoms with E-state index in [1.54, 1.807) is 0 Å². The Morgan fingerprint density at radius 3 is 2.27 bits per heavy atom. The predicted octanol–water partition coefficient (Wildman–Crippen LogP) is 4.75. The van der Waals surface area contributed by atoms with E-state index < -0.39 is 0 Å². The summed E-state index contributed by atoms with van der Waals surface area (Å²) in [4.78, 5) is 0. The van der Waals surface area contributed by atoms with Gasteiger partial charge in [0.15, 0.2) is 0 Å². The molecule has 1 heterocycles. The molecular formula is C20H24N2. The molecule has 1 saturated carbocycles. The first-order valence-corrected chi connectivity index (χ1v) is 8.33. The number of hydrogen-bond donors (Lipinski definition) is 1. The molecule has 4 rings (SSSR count). The Hall–Kier alpha value is -1.80. The molecule has 1 fully saturated rings. The molecule has 1 aromatic heterocycles. The highest BCUT2D eigenvalue weighted by Gasteiger charge is 2.47. The monoisotopic (exact) mass is 292 g/mol. The fourth-order valence-electron chi connectivity index (χ4n) is 4.01. The molecule has 3 aromatic rings. The van der Waals surface area contributed by atoms with Gasteiger partial charge in [-0.15, -0.1) is 0 Å². The minimum absolute atomic E-state index is 0.217. The van der Waals surface area contributed by atoms with E-state index in [-0.39, 0.29) is 11.5 Å². The van der Waals surface area contributed by atoms with Gasteiger partial charge in [0.2, 0.25) is 0 Å². The van der Waals surface area contributed by atoms with Gasteiger partial charge in [0.25, 0.3) is 0 Å². The molecule has 0 spiro atoms. The summed E-state index contributed by atoms with van der Waals surface area (Å²) in [6.45, 7) is 6.66. The van der Waals surface area contributed by atoms with Crippen molar-refractivity contribution >= 4 is 21.8 Å². The van der Waals surface area contributed by atoms with Gasteiger partial charge >= 0.3 is 0 Å². The number of para-hydroxylation sites is 1. The van der Waals surface area contributed by atoms with E-state index in [0.29, 0.717) is 6.04 Å². The van der Waals surface area contributed by atoms with Crippen LogP contribution in [0.2, 0.25) is 0 Å². The molecule has 2 aromatic carbocycles. The fraction of sp³-hybridized carbons (Fsp3) is 0.400. The molecular weight excluding hydrogens is 268 g/mol. The van der Waals surface area contributed by atoms with E-state index in [0.717, 1.165) is 0 Å². The third-order valence-electron chi connectivity index (χ3n) is 5.46. The molecule has 2 heteroatoms. The number of hydrogen-bond acceptors (Lipinski definition) is 1. The average Bonchev–Trinajstić information content (AvgIpc) is 3.24. The van der Waals surface area contributed by atoms with Gasteiger partial charge < -0.3 is 10.3 Å². The van der Waals surface area contributed by atoms with Crippen molar-refractivity contribution in [3.05, 3.63) is 48.0 Å². The number of aromatic nitrogens is 1. The van der Waals surface area contributed by atoms with Crippen LogP contribution in [0.15, 0.2) is 42.5 Å². The second-order valence-electron chi connectivity index (χ2n) is 7.16. The molecule has 1 atom stereocenters. The molecule has 2 N–H and O–H groups in total. The largest absolute Gasteiger partial charge is 0.338 e. The number of nitrogens with zero attached hydrogens (tertiary/aromatic N) is 1. The average molecular weight is 292 g/mol. The molecule has 1 aliphatic carbocycles. The number of rotatable bonds is 3. The van der Waals surface area contributed by atoms with Crippen molar-refractivity contribution in [3.8, 4) is 0 Å². The van der Waals surface area contributed by atoms with Crippen molar-refractivity contribution in [1.29, 1.82) is 0 Å². The first-order chi connectivity index (χ1) is 10.5. The summed E-state index contributed by atoms with van der Waals surface area (Å²) in [5, 5.41) is 2.72. The van der Waals surface area contributed by atoms with Crippen LogP contribution in [0, 0.1) is 0 Å². The fourth-order valence-corrected chi connectivity index (χ4v) is 4.01. The lowest BCUT2D eigenvalue weighted by Gasteiger charge is -2.20. The van der Waals surface area contributed by atoms with Crippen LogP contribution in [0.25, 0.3) is 21.8 Å². The summed E-state index contributed by atoms with van der Waals surface area (Å²) in [5.41, 5.74) is 10.6. The summed E-state index contributed by atoms with van der Waals surface area (Å²) in [7, 11) is 0. The van der Waals surface area contributed by atoms with Crippen molar-refractivity contribution in [3.63, 3.8) is 0 Å². The van der Waals surface area contributed by atoms with E-state index in [2.05, 4.69) is 67.8 Å². The Bertz CT molecular complexity index is 851. The van der Waals surface area contributed by atoms with E-state index in [1.807, 2.05) is 0 Å². The Kier molecular flexibility index (Phi) is 2.89. The normalized spacial score (nSPS) is 18.2. The summed E-state index contributed by atoms with van der Waals surface area (Å²) >= 11 is 0. The maximum Gasteiger partial charge on any atom is 0.0494 e. The van der Waals surface area contributed by atoms with Gasteiger partial charge in [-0.25, -0.2) is 0 Å². The highest BCUT2D eigenvalue weighted by atomic mass is 15.0. The van der Waals surface area contributed by atoms with E-state index in [1.165, 1.54) is 40.2 Å². The maximum atomic E-state index is 6.27. The van der Waals surface area contributed by atoms with Gasteiger partial charge in [0.1, 0.15) is 0 Å². The zero-order chi connectivity index (χ0) is 15.5. The van der Waals surface area contributed by atoms with Crippen molar-refractivity contribution in [2.75, 3.05) is 0 Å². The third kappa shape index (κ3) is 1.77. The Labute approximate surface area is 131 Å². The number of fused-ring (bicyclic) bond motifs is 3. The smallest absolute Gasteiger partial charge is 0.0494 e. The van der Waals surface area contributed by atoms with Crippen LogP contribution in [0.3, 0.4) is 0 Å². The van der Waals surface area contributed by atoms with Crippen molar-refractivity contribution in [2.24, 2.45) is 5.73 Å². The van der Waals surface area contributed by atoms with Gasteiger partial charge in [-0.1, -0.05) is 24.3 Å². The van der Waals surface area contributed by atoms with Crippen molar-refractivity contribution in [2.45, 2.75) is 51.1 Å². The minimum Gasteiger partial charge on any atom is -0.338 e. The van der Waals surface area contributed by atoms with E-state index in [9.17, 15) is 0 Å². The van der Waals surface area contributed by atoms with Crippen LogP contribution in [0.4, 0.5) is 0 Å². The number of benzene rings is 2. The Balaban J connectivity index is 2.03. The Morgan fingerprint density at radius 1 is 0.955 bits per heavy atom. The van der Waals surface area contributed by atoms with Gasteiger partial charge in [0, 0.05) is 39.3 Å². The Morgan fingerprint density at radius 2 is 1.64 bits per heavy atom. The zero-order valence-electron chi connectivity index (χ0n) is 13.6. The highest BCUT2D eigenvalue weighted by Crippen LogP contribution is 2.51. The standard InChI is InChI=1S/C20H24N2/c1-13(2)22-18-7-5-4-6-16(18)17-12-15(8-9-19(17)22)20(10-11-20)14(3)21/h4-9,12-14H,10-11,21H2,1-3H3. The quantitative estimate of drug-likeness (QED) is 0.741. The summed E-state index contributed by atoms with van der Waals surface area (Å²) < 4.78 is 2.44. The molecule has 2 nitrogen and oxygen atoms in total. The maximum absolute atomic E-state index is 6.27. The molecule has 1 aliphatic rings. The van der Waals surface area contributed by atoms with Crippen molar-refractivity contribution in [1.82, 2.24) is 4.57 Å². The van der Waals surface area contributed by atoms with Crippen LogP contribution < -0.4 is 5.73 Å². The summed E-state index contributed by atoms with van der Waals surface area (Å²) in [6.07, 6.45) is 2.44. The lowest BCUT2D eigenvalue weighted by atomic mass is 9.88. The molecule has 0 amide bonds. The SMILES string of the molecule is CC(C)n1c2ccccc2c2cc(C3(C(C)N)CC3)ccc21. The van der Waals surface area contributed by atoms with Crippen LogP contribution in [-0.2, 0) is 5.41 Å². The first kappa shape index (κ1) is 13.8. The van der Waals surface area contributed by atoms with Gasteiger partial charge in [-0.2, -0.15) is 0 Å². The molecule has 0 aliphatic heterocycles. The first-order valence-electron chi connectivity index (χ1n) is 8.33. The van der Waals surface area contributed by atoms with Gasteiger partial charge in [0.05, 0.1) is 0 Å². The third-order valence-corrected chi connectivity index (χ3v) is 5.46. The lowest BCUT2D eigenvalue weighted by Crippen LogP contribution is -2.31. The lowest BCUT2D eigenvalue weighted by molar-refractivity contribution is 0.557. The highest BCUT2D eigenvalue weighted by molar-refractivity contribution is 6.08. The second-order valence-corrected chi connectivity index (χ2v) is 7.16. The predicted molar refractivity (Wildman–Crippen MR) is 94.4 cm³/mol. The summed E-state index contributed by atoms with van der Waals surface area (Å²) in [6, 6.07) is 16.4. The van der Waals surface area contributed by atoms with E-state index >= 15 is 0 Å². The van der Waals surface area contributed by atoms with Gasteiger partial charge in [-0.05, 0) is 57.4 Å². The molecule has 0 saturated heterocycles. The second kappa shape index (κ2) is 4.60. The van der Waals surface area contributed by atoms with Crippen molar-refractivity contribution < 1.29 is 0 Å². The topological polar surface area (TPSA) is 30.9 Å². The molecule has 114 valence electrons. The summed E-state index contributed by atoms with van der Waals surface area (Å²) in [5.74, 6) is 0.